The van der Waals surface area contributed by atoms with Gasteiger partial charge in [0.2, 0.25) is 5.75 Å². The van der Waals surface area contributed by atoms with Crippen molar-refractivity contribution in [2.24, 2.45) is 35.5 Å². The third-order valence-electron chi connectivity index (χ3n) is 22.9. The molecule has 16 nitrogen and oxygen atoms in total. The van der Waals surface area contributed by atoms with Gasteiger partial charge in [0.05, 0.1) is 44.1 Å². The largest absolute Gasteiger partial charge is 0.502 e. The van der Waals surface area contributed by atoms with Crippen molar-refractivity contribution in [1.82, 2.24) is 20.9 Å². The lowest BCUT2D eigenvalue weighted by atomic mass is 9.43. The van der Waals surface area contributed by atoms with Crippen molar-refractivity contribution >= 4 is 29.7 Å². The van der Waals surface area contributed by atoms with Crippen LogP contribution in [0.3, 0.4) is 0 Å². The van der Waals surface area contributed by atoms with Gasteiger partial charge in [-0.15, -0.1) is 0 Å². The summed E-state index contributed by atoms with van der Waals surface area (Å²) in [4.78, 5) is 30.5. The molecule has 0 radical (unpaired) electrons. The Labute approximate surface area is 509 Å². The SMILES string of the molecule is CNCCOc1cc(O[C@]23N[C@]4(C)C=C[C@H]2CCC[C@H]3CC4)c2c3c1CCc1c-3c(cc3c1[C@@H](O)[C@H](c1cc(OC)c(O)c(OC[C@H](CO)[C@@]45c6c7cccc6C=C[C@H]4CC[C@H](C4(N6C(=O)C=C(CNC)C6=O)CCCCC4)[C@H]5C=C7)c1)CO3)N[C@@H]2O. The first-order valence-electron chi connectivity index (χ1n) is 32.3. The second kappa shape index (κ2) is 21.5. The van der Waals surface area contributed by atoms with Crippen molar-refractivity contribution in [3.63, 3.8) is 0 Å². The molecule has 3 saturated carbocycles. The molecule has 5 heterocycles. The molecule has 8 N–H and O–H groups in total. The summed E-state index contributed by atoms with van der Waals surface area (Å²) in [7, 11) is 5.20. The third kappa shape index (κ3) is 8.50. The maximum absolute atomic E-state index is 14.5. The second-order valence-electron chi connectivity index (χ2n) is 27.1. The van der Waals surface area contributed by atoms with Gasteiger partial charge in [0, 0.05) is 99.4 Å². The van der Waals surface area contributed by atoms with Gasteiger partial charge < -0.3 is 60.1 Å². The highest BCUT2D eigenvalue weighted by Gasteiger charge is 2.65. The Morgan fingerprint density at radius 3 is 2.43 bits per heavy atom. The highest BCUT2D eigenvalue weighted by molar-refractivity contribution is 6.17. The number of phenols is 1. The van der Waals surface area contributed by atoms with Crippen LogP contribution in [0.5, 0.6) is 34.5 Å². The van der Waals surface area contributed by atoms with E-state index in [0.717, 1.165) is 109 Å². The van der Waals surface area contributed by atoms with E-state index in [1.807, 2.05) is 19.2 Å². The van der Waals surface area contributed by atoms with E-state index < -0.39 is 40.8 Å². The van der Waals surface area contributed by atoms with Crippen LogP contribution in [0.1, 0.15) is 147 Å². The zero-order valence-corrected chi connectivity index (χ0v) is 50.5. The van der Waals surface area contributed by atoms with Crippen molar-refractivity contribution < 1.29 is 53.7 Å². The topological polar surface area (TPSA) is 213 Å². The van der Waals surface area contributed by atoms with E-state index in [1.165, 1.54) is 13.2 Å². The summed E-state index contributed by atoms with van der Waals surface area (Å²) in [6.07, 6.45) is 25.4. The molecule has 2 bridgehead atoms. The molecule has 11 aliphatic rings. The predicted molar refractivity (Wildman–Crippen MR) is 331 cm³/mol. The number of hydrogen-bond donors (Lipinski definition) is 8. The molecule has 16 heteroatoms. The van der Waals surface area contributed by atoms with Gasteiger partial charge >= 0.3 is 0 Å². The first kappa shape index (κ1) is 56.8. The number of hydrogen-bond acceptors (Lipinski definition) is 15. The molecule has 4 aromatic carbocycles. The molecule has 87 heavy (non-hydrogen) atoms. The van der Waals surface area contributed by atoms with Crippen LogP contribution in [0, 0.1) is 35.5 Å². The predicted octanol–water partition coefficient (Wildman–Crippen LogP) is 9.43. The van der Waals surface area contributed by atoms with Gasteiger partial charge in [-0.1, -0.05) is 80.3 Å². The summed E-state index contributed by atoms with van der Waals surface area (Å²) in [5, 5.41) is 63.4. The van der Waals surface area contributed by atoms with E-state index in [9.17, 15) is 30.0 Å². The number of ether oxygens (including phenoxy) is 5. The van der Waals surface area contributed by atoms with E-state index in [-0.39, 0.29) is 84.0 Å². The van der Waals surface area contributed by atoms with Crippen molar-refractivity contribution in [3.8, 4) is 45.6 Å². The van der Waals surface area contributed by atoms with Crippen LogP contribution < -0.4 is 45.0 Å². The lowest BCUT2D eigenvalue weighted by Crippen LogP contribution is -2.72. The van der Waals surface area contributed by atoms with Crippen LogP contribution in [0.25, 0.3) is 23.3 Å². The molecule has 5 aliphatic heterocycles. The Morgan fingerprint density at radius 2 is 1.63 bits per heavy atom. The van der Waals surface area contributed by atoms with Crippen LogP contribution in [-0.2, 0) is 27.8 Å². The number of anilines is 1. The average Bonchev–Trinajstić information content (AvgIpc) is 1.14. The fourth-order valence-corrected chi connectivity index (χ4v) is 19.2. The number of aliphatic hydroxyl groups is 3. The molecule has 2 amide bonds. The van der Waals surface area contributed by atoms with Crippen molar-refractivity contribution in [3.05, 3.63) is 123 Å². The number of likely N-dealkylation sites (N-methyl/N-ethyl adjacent to an activating group) is 2. The monoisotopic (exact) mass is 1180 g/mol. The van der Waals surface area contributed by atoms with Crippen molar-refractivity contribution in [2.75, 3.05) is 66.0 Å². The number of nitrogens with zero attached hydrogens (tertiary/aromatic N) is 1. The zero-order chi connectivity index (χ0) is 59.7. The molecule has 1 saturated heterocycles. The fraction of sp³-hybridized carbons (Fsp3) is 0.521. The normalized spacial score (nSPS) is 31.8. The molecule has 15 rings (SSSR count). The van der Waals surface area contributed by atoms with E-state index in [1.54, 1.807) is 24.1 Å². The van der Waals surface area contributed by atoms with E-state index in [4.69, 9.17) is 23.7 Å². The fourth-order valence-electron chi connectivity index (χ4n) is 19.2. The maximum atomic E-state index is 14.5. The van der Waals surface area contributed by atoms with Crippen LogP contribution in [0.2, 0.25) is 0 Å². The minimum atomic E-state index is -1.10. The quantitative estimate of drug-likeness (QED) is 0.0281. The molecular formula is C71H83N5O11. The summed E-state index contributed by atoms with van der Waals surface area (Å²) < 4.78 is 33.8. The smallest absolute Gasteiger partial charge is 0.258 e. The number of nitrogens with one attached hydrogen (secondary N) is 4. The Morgan fingerprint density at radius 1 is 0.828 bits per heavy atom. The van der Waals surface area contributed by atoms with Crippen LogP contribution in [0.15, 0.2) is 78.4 Å². The van der Waals surface area contributed by atoms with Crippen LogP contribution in [-0.4, -0.2) is 115 Å². The number of imide groups is 1. The van der Waals surface area contributed by atoms with E-state index >= 15 is 0 Å². The van der Waals surface area contributed by atoms with Crippen LogP contribution >= 0.6 is 0 Å². The minimum Gasteiger partial charge on any atom is -0.502 e. The molecular weight excluding hydrogens is 1100 g/mol. The molecule has 458 valence electrons. The number of fused-ring (bicyclic) bond motifs is 3. The molecule has 0 aromatic heterocycles. The molecule has 4 aromatic rings. The molecule has 0 unspecified atom stereocenters. The van der Waals surface area contributed by atoms with Gasteiger partial charge in [-0.2, -0.15) is 0 Å². The third-order valence-corrected chi connectivity index (χ3v) is 22.9. The average molecular weight is 1180 g/mol. The van der Waals surface area contributed by atoms with E-state index in [0.29, 0.717) is 84.8 Å². The number of methoxy groups -OCH3 is 1. The highest BCUT2D eigenvalue weighted by Crippen LogP contribution is 2.66. The summed E-state index contributed by atoms with van der Waals surface area (Å²) in [5.41, 5.74) is 7.82. The zero-order valence-electron chi connectivity index (χ0n) is 50.5. The minimum absolute atomic E-state index is 0.00961. The number of carbonyl (C=O) groups excluding carboxylic acids is 2. The molecule has 0 spiro atoms. The number of phenolic OH excluding ortho intramolecular Hbond substituents is 1. The van der Waals surface area contributed by atoms with Gasteiger partial charge in [-0.05, 0) is 143 Å². The summed E-state index contributed by atoms with van der Waals surface area (Å²) in [6, 6.07) is 13.8. The Hall–Kier alpha value is -6.66. The number of aromatic hydroxyl groups is 1. The molecule has 6 aliphatic carbocycles. The van der Waals surface area contributed by atoms with Gasteiger partial charge in [-0.3, -0.25) is 19.8 Å². The standard InChI is InChI=1S/C71H83N5O11/c1-68-26-22-44-12-9-13-45(23-27-68)71(44,75-68)87-55-34-53(84-29-28-72-2)47-18-19-48-59-52(74-66(81)62(55)61(47)59)33-54-60(48)64(79)49(38-86-54)41-30-56(83-4)65(80)57(31-41)85-37-46(36-77)70-43-16-14-39-10-8-11-40(63(39)70)15-20-51(70)50(21-17-43)69(24-6-5-7-25-69)76-58(78)32-42(35-73-3)67(76)82/h8,10-11,14-16,20,22,26,30-34,43-46,49-51,64,66,72-75,77,79-81H,5-7,9,12-13,17-19,21,23-25,27-29,35-38H2,1-4H3/t43-,44+,45-,46-,49-,50-,51+,64-,66+,68+,70-,71+/m0/s1. The second-order valence-corrected chi connectivity index (χ2v) is 27.1. The lowest BCUT2D eigenvalue weighted by molar-refractivity contribution is -0.154. The number of carbonyl (C=O) groups is 2. The number of amides is 2. The first-order chi connectivity index (χ1) is 42.3. The Balaban J connectivity index is 0.781. The summed E-state index contributed by atoms with van der Waals surface area (Å²) >= 11 is 0. The Kier molecular flexibility index (Phi) is 14.1. The van der Waals surface area contributed by atoms with Crippen LogP contribution in [0.4, 0.5) is 5.69 Å². The Bertz CT molecular complexity index is 3610. The summed E-state index contributed by atoms with van der Waals surface area (Å²) in [5.74, 6) is 0.489. The number of piperidine rings is 1. The number of allylic oxidation sites excluding steroid dienone is 2. The summed E-state index contributed by atoms with van der Waals surface area (Å²) in [6.45, 7) is 3.52. The van der Waals surface area contributed by atoms with Gasteiger partial charge in [-0.25, -0.2) is 0 Å². The van der Waals surface area contributed by atoms with Gasteiger partial charge in [0.15, 0.2) is 23.5 Å². The number of aliphatic hydroxyl groups excluding tert-OH is 3. The maximum Gasteiger partial charge on any atom is 0.258 e. The van der Waals surface area contributed by atoms with Crippen molar-refractivity contribution in [1.29, 1.82) is 0 Å². The highest BCUT2D eigenvalue weighted by atomic mass is 16.5. The molecule has 4 fully saturated rings. The lowest BCUT2D eigenvalue weighted by Gasteiger charge is -2.63. The first-order valence-corrected chi connectivity index (χ1v) is 32.3. The number of rotatable bonds is 17. The van der Waals surface area contributed by atoms with Crippen molar-refractivity contribution in [2.45, 2.75) is 137 Å². The van der Waals surface area contributed by atoms with Gasteiger partial charge in [0.25, 0.3) is 11.8 Å². The number of benzene rings is 4. The molecule has 12 atom stereocenters. The van der Waals surface area contributed by atoms with Gasteiger partial charge in [0.1, 0.15) is 23.9 Å². The van der Waals surface area contributed by atoms with E-state index in [2.05, 4.69) is 82.8 Å².